The van der Waals surface area contributed by atoms with Crippen molar-refractivity contribution in [3.63, 3.8) is 0 Å². The first-order valence-corrected chi connectivity index (χ1v) is 4.79. The zero-order chi connectivity index (χ0) is 7.68. The molecule has 0 aromatic rings. The highest BCUT2D eigenvalue weighted by Crippen LogP contribution is 2.19. The summed E-state index contributed by atoms with van der Waals surface area (Å²) in [6.45, 7) is 5.25. The number of nitrogens with zero attached hydrogens (tertiary/aromatic N) is 2. The van der Waals surface area contributed by atoms with E-state index in [1.165, 1.54) is 45.4 Å². The van der Waals surface area contributed by atoms with Crippen LogP contribution in [0.1, 0.15) is 19.3 Å². The van der Waals surface area contributed by atoms with Gasteiger partial charge in [-0.2, -0.15) is 0 Å². The van der Waals surface area contributed by atoms with Gasteiger partial charge in [0.05, 0.1) is 0 Å². The average molecular weight is 154 g/mol. The van der Waals surface area contributed by atoms with Gasteiger partial charge in [0.2, 0.25) is 0 Å². The standard InChI is InChI=1S/C9H18N2/c1-10-6-7-11-5-3-2-4-9(11)8-10/h9H,2-8H2,1H3. The van der Waals surface area contributed by atoms with E-state index in [0.29, 0.717) is 0 Å². The molecule has 2 saturated heterocycles. The van der Waals surface area contributed by atoms with Gasteiger partial charge in [0.15, 0.2) is 0 Å². The van der Waals surface area contributed by atoms with E-state index >= 15 is 0 Å². The van der Waals surface area contributed by atoms with Gasteiger partial charge >= 0.3 is 0 Å². The highest BCUT2D eigenvalue weighted by molar-refractivity contribution is 4.83. The van der Waals surface area contributed by atoms with Gasteiger partial charge in [0.25, 0.3) is 0 Å². The fourth-order valence-electron chi connectivity index (χ4n) is 2.31. The van der Waals surface area contributed by atoms with Gasteiger partial charge in [-0.3, -0.25) is 4.90 Å². The van der Waals surface area contributed by atoms with Crippen LogP contribution in [-0.2, 0) is 0 Å². The Labute approximate surface area is 69.2 Å². The van der Waals surface area contributed by atoms with Crippen molar-refractivity contribution in [1.82, 2.24) is 9.80 Å². The van der Waals surface area contributed by atoms with Crippen LogP contribution in [0.5, 0.6) is 0 Å². The topological polar surface area (TPSA) is 6.48 Å². The van der Waals surface area contributed by atoms with E-state index in [4.69, 9.17) is 0 Å². The van der Waals surface area contributed by atoms with Crippen LogP contribution in [0.4, 0.5) is 0 Å². The van der Waals surface area contributed by atoms with Gasteiger partial charge in [0.1, 0.15) is 0 Å². The quantitative estimate of drug-likeness (QED) is 0.509. The molecule has 1 atom stereocenters. The molecule has 0 bridgehead atoms. The van der Waals surface area contributed by atoms with E-state index < -0.39 is 0 Å². The molecule has 2 rings (SSSR count). The maximum Gasteiger partial charge on any atom is 0.0223 e. The Morgan fingerprint density at radius 1 is 1.09 bits per heavy atom. The molecule has 0 aromatic carbocycles. The molecule has 0 radical (unpaired) electrons. The zero-order valence-corrected chi connectivity index (χ0v) is 7.42. The van der Waals surface area contributed by atoms with Crippen molar-refractivity contribution in [3.05, 3.63) is 0 Å². The number of hydrogen-bond donors (Lipinski definition) is 0. The molecule has 0 N–H and O–H groups in total. The zero-order valence-electron chi connectivity index (χ0n) is 7.42. The molecule has 0 saturated carbocycles. The number of piperazine rings is 1. The molecule has 2 aliphatic rings. The fraction of sp³-hybridized carbons (Fsp3) is 1.00. The SMILES string of the molecule is CN1CCN2CCCCC2C1. The molecule has 2 nitrogen and oxygen atoms in total. The Hall–Kier alpha value is -0.0800. The molecule has 0 amide bonds. The second-order valence-corrected chi connectivity index (χ2v) is 3.95. The molecule has 64 valence electrons. The lowest BCUT2D eigenvalue weighted by atomic mass is 10.00. The summed E-state index contributed by atoms with van der Waals surface area (Å²) in [6.07, 6.45) is 4.32. The minimum Gasteiger partial charge on any atom is -0.304 e. The maximum absolute atomic E-state index is 2.67. The summed E-state index contributed by atoms with van der Waals surface area (Å²) in [5, 5.41) is 0. The molecule has 2 heterocycles. The number of likely N-dealkylation sites (N-methyl/N-ethyl adjacent to an activating group) is 1. The Balaban J connectivity index is 1.93. The van der Waals surface area contributed by atoms with E-state index in [1.807, 2.05) is 0 Å². The summed E-state index contributed by atoms with van der Waals surface area (Å²) in [6, 6.07) is 0.891. The van der Waals surface area contributed by atoms with E-state index in [0.717, 1.165) is 6.04 Å². The lowest BCUT2D eigenvalue weighted by molar-refractivity contribution is 0.0623. The Kier molecular flexibility index (Phi) is 2.14. The molecule has 2 fully saturated rings. The smallest absolute Gasteiger partial charge is 0.0223 e. The Morgan fingerprint density at radius 3 is 2.91 bits per heavy atom. The van der Waals surface area contributed by atoms with Crippen molar-refractivity contribution in [2.24, 2.45) is 0 Å². The predicted octanol–water partition coefficient (Wildman–Crippen LogP) is 0.786. The molecule has 0 aromatic heterocycles. The molecule has 0 aliphatic carbocycles. The van der Waals surface area contributed by atoms with Crippen LogP contribution >= 0.6 is 0 Å². The highest BCUT2D eigenvalue weighted by atomic mass is 15.3. The first-order chi connectivity index (χ1) is 5.36. The van der Waals surface area contributed by atoms with E-state index in [1.54, 1.807) is 0 Å². The number of fused-ring (bicyclic) bond motifs is 1. The summed E-state index contributed by atoms with van der Waals surface area (Å²) >= 11 is 0. The van der Waals surface area contributed by atoms with E-state index in [9.17, 15) is 0 Å². The van der Waals surface area contributed by atoms with Crippen LogP contribution in [0.15, 0.2) is 0 Å². The number of hydrogen-bond acceptors (Lipinski definition) is 2. The molecule has 0 spiro atoms. The van der Waals surface area contributed by atoms with Gasteiger partial charge in [-0.05, 0) is 26.4 Å². The predicted molar refractivity (Wildman–Crippen MR) is 46.7 cm³/mol. The summed E-state index contributed by atoms with van der Waals surface area (Å²) in [5.74, 6) is 0. The molecule has 2 heteroatoms. The maximum atomic E-state index is 2.67. The molecular formula is C9H18N2. The minimum atomic E-state index is 0.891. The van der Waals surface area contributed by atoms with Gasteiger partial charge in [-0.1, -0.05) is 6.42 Å². The van der Waals surface area contributed by atoms with Crippen LogP contribution in [0, 0.1) is 0 Å². The third-order valence-electron chi connectivity index (χ3n) is 3.04. The molecule has 2 aliphatic heterocycles. The summed E-state index contributed by atoms with van der Waals surface area (Å²) < 4.78 is 0. The van der Waals surface area contributed by atoms with Crippen LogP contribution in [0.2, 0.25) is 0 Å². The van der Waals surface area contributed by atoms with Gasteiger partial charge in [-0.15, -0.1) is 0 Å². The van der Waals surface area contributed by atoms with Crippen molar-refractivity contribution < 1.29 is 0 Å². The molecule has 11 heavy (non-hydrogen) atoms. The van der Waals surface area contributed by atoms with Crippen LogP contribution in [0.3, 0.4) is 0 Å². The van der Waals surface area contributed by atoms with Crippen LogP contribution in [-0.4, -0.2) is 49.1 Å². The Bertz CT molecular complexity index is 136. The van der Waals surface area contributed by atoms with Gasteiger partial charge in [-0.25, -0.2) is 0 Å². The second-order valence-electron chi connectivity index (χ2n) is 3.95. The summed E-state index contributed by atoms with van der Waals surface area (Å²) in [5.41, 5.74) is 0. The van der Waals surface area contributed by atoms with Crippen LogP contribution in [0.25, 0.3) is 0 Å². The highest BCUT2D eigenvalue weighted by Gasteiger charge is 2.26. The van der Waals surface area contributed by atoms with Crippen molar-refractivity contribution in [3.8, 4) is 0 Å². The second kappa shape index (κ2) is 3.11. The van der Waals surface area contributed by atoms with Crippen molar-refractivity contribution >= 4 is 0 Å². The third-order valence-corrected chi connectivity index (χ3v) is 3.04. The molecular weight excluding hydrogens is 136 g/mol. The van der Waals surface area contributed by atoms with Crippen LogP contribution < -0.4 is 0 Å². The summed E-state index contributed by atoms with van der Waals surface area (Å²) in [7, 11) is 2.24. The fourth-order valence-corrected chi connectivity index (χ4v) is 2.31. The monoisotopic (exact) mass is 154 g/mol. The van der Waals surface area contributed by atoms with Crippen molar-refractivity contribution in [2.75, 3.05) is 33.2 Å². The summed E-state index contributed by atoms with van der Waals surface area (Å²) in [4.78, 5) is 5.13. The van der Waals surface area contributed by atoms with E-state index in [2.05, 4.69) is 16.8 Å². The van der Waals surface area contributed by atoms with E-state index in [-0.39, 0.29) is 0 Å². The normalized spacial score (nSPS) is 35.2. The van der Waals surface area contributed by atoms with Crippen molar-refractivity contribution in [2.45, 2.75) is 25.3 Å². The first kappa shape index (κ1) is 7.56. The van der Waals surface area contributed by atoms with Crippen molar-refractivity contribution in [1.29, 1.82) is 0 Å². The molecule has 1 unspecified atom stereocenters. The van der Waals surface area contributed by atoms with Gasteiger partial charge < -0.3 is 4.90 Å². The third kappa shape index (κ3) is 1.57. The largest absolute Gasteiger partial charge is 0.304 e. The van der Waals surface area contributed by atoms with Gasteiger partial charge in [0, 0.05) is 25.7 Å². The lowest BCUT2D eigenvalue weighted by Crippen LogP contribution is -2.53. The average Bonchev–Trinajstić information content (AvgIpc) is 2.04. The number of rotatable bonds is 0. The first-order valence-electron chi connectivity index (χ1n) is 4.79. The number of piperidine rings is 1. The minimum absolute atomic E-state index is 0.891. The Morgan fingerprint density at radius 2 is 2.00 bits per heavy atom. The lowest BCUT2D eigenvalue weighted by Gasteiger charge is -2.42.